The molecule has 1 aliphatic heterocycles. The van der Waals surface area contributed by atoms with Crippen molar-refractivity contribution in [3.05, 3.63) is 21.4 Å². The summed E-state index contributed by atoms with van der Waals surface area (Å²) < 4.78 is 0. The molecule has 2 aliphatic rings. The molecule has 20 heavy (non-hydrogen) atoms. The van der Waals surface area contributed by atoms with E-state index in [2.05, 4.69) is 32.2 Å². The van der Waals surface area contributed by atoms with E-state index < -0.39 is 0 Å². The highest BCUT2D eigenvalue weighted by atomic mass is 32.2. The minimum absolute atomic E-state index is 0.272. The molecule has 1 saturated carbocycles. The summed E-state index contributed by atoms with van der Waals surface area (Å²) >= 11 is 3.81. The van der Waals surface area contributed by atoms with Gasteiger partial charge in [-0.2, -0.15) is 0 Å². The van der Waals surface area contributed by atoms with Crippen LogP contribution in [-0.2, 0) is 0 Å². The number of aliphatic imine (C=N–C) groups is 1. The van der Waals surface area contributed by atoms with Gasteiger partial charge < -0.3 is 5.32 Å². The summed E-state index contributed by atoms with van der Waals surface area (Å²) in [7, 11) is 0. The van der Waals surface area contributed by atoms with Gasteiger partial charge in [-0.25, -0.2) is 0 Å². The van der Waals surface area contributed by atoms with E-state index in [1.807, 2.05) is 23.1 Å². The van der Waals surface area contributed by atoms with Crippen LogP contribution in [0.5, 0.6) is 0 Å². The van der Waals surface area contributed by atoms with Gasteiger partial charge in [0.1, 0.15) is 0 Å². The second-order valence-electron chi connectivity index (χ2n) is 6.23. The summed E-state index contributed by atoms with van der Waals surface area (Å²) in [5, 5.41) is 4.92. The molecule has 1 spiro atoms. The summed E-state index contributed by atoms with van der Waals surface area (Å²) in [6.45, 7) is 6.61. The molecule has 0 radical (unpaired) electrons. The lowest BCUT2D eigenvalue weighted by molar-refractivity contribution is 0.303. The highest BCUT2D eigenvalue weighted by Crippen LogP contribution is 2.37. The van der Waals surface area contributed by atoms with Gasteiger partial charge in [0, 0.05) is 21.0 Å². The summed E-state index contributed by atoms with van der Waals surface area (Å²) in [6.07, 6.45) is 6.80. The minimum atomic E-state index is 0.272. The number of amidine groups is 1. The second-order valence-corrected chi connectivity index (χ2v) is 8.66. The Bertz CT molecular complexity index is 513. The van der Waals surface area contributed by atoms with Gasteiger partial charge in [0.15, 0.2) is 5.17 Å². The molecule has 1 saturated heterocycles. The fourth-order valence-corrected chi connectivity index (χ4v) is 5.69. The van der Waals surface area contributed by atoms with Gasteiger partial charge in [0.2, 0.25) is 0 Å². The number of thiophene rings is 1. The molecule has 2 fully saturated rings. The van der Waals surface area contributed by atoms with Gasteiger partial charge in [0.05, 0.1) is 6.04 Å². The number of rotatable bonds is 2. The number of nitrogens with one attached hydrogen (secondary N) is 1. The van der Waals surface area contributed by atoms with Crippen LogP contribution in [0.25, 0.3) is 0 Å². The fraction of sp³-hybridized carbons (Fsp3) is 0.688. The number of aryl methyl sites for hydroxylation is 2. The molecule has 110 valence electrons. The van der Waals surface area contributed by atoms with Gasteiger partial charge in [-0.1, -0.05) is 31.0 Å². The summed E-state index contributed by atoms with van der Waals surface area (Å²) in [5.41, 5.74) is 1.76. The molecule has 2 heterocycles. The topological polar surface area (TPSA) is 24.4 Å². The van der Waals surface area contributed by atoms with Crippen LogP contribution in [-0.4, -0.2) is 16.5 Å². The Kier molecular flexibility index (Phi) is 4.14. The quantitative estimate of drug-likeness (QED) is 0.847. The highest BCUT2D eigenvalue weighted by molar-refractivity contribution is 8.14. The first-order chi connectivity index (χ1) is 9.58. The highest BCUT2D eigenvalue weighted by Gasteiger charge is 2.38. The van der Waals surface area contributed by atoms with Crippen LogP contribution in [0.2, 0.25) is 0 Å². The van der Waals surface area contributed by atoms with E-state index in [9.17, 15) is 0 Å². The lowest BCUT2D eigenvalue weighted by Gasteiger charge is -2.32. The molecule has 2 nitrogen and oxygen atoms in total. The molecule has 1 N–H and O–H groups in total. The Morgan fingerprint density at radius 3 is 2.65 bits per heavy atom. The molecule has 3 rings (SSSR count). The molecule has 1 aromatic rings. The van der Waals surface area contributed by atoms with Crippen molar-refractivity contribution in [2.24, 2.45) is 4.99 Å². The first-order valence-electron chi connectivity index (χ1n) is 7.64. The summed E-state index contributed by atoms with van der Waals surface area (Å²) in [5.74, 6) is 1.21. The van der Waals surface area contributed by atoms with Crippen molar-refractivity contribution >= 4 is 28.3 Å². The van der Waals surface area contributed by atoms with E-state index in [-0.39, 0.29) is 6.04 Å². The van der Waals surface area contributed by atoms with Crippen LogP contribution in [0.4, 0.5) is 0 Å². The van der Waals surface area contributed by atoms with Crippen molar-refractivity contribution in [3.63, 3.8) is 0 Å². The molecule has 0 aromatic carbocycles. The second kappa shape index (κ2) is 5.72. The Morgan fingerprint density at radius 2 is 2.00 bits per heavy atom. The van der Waals surface area contributed by atoms with Gasteiger partial charge in [-0.3, -0.25) is 4.99 Å². The van der Waals surface area contributed by atoms with Crippen LogP contribution < -0.4 is 5.32 Å². The van der Waals surface area contributed by atoms with Crippen LogP contribution in [0.1, 0.15) is 60.4 Å². The monoisotopic (exact) mass is 308 g/mol. The average Bonchev–Trinajstić information content (AvgIpc) is 2.94. The summed E-state index contributed by atoms with van der Waals surface area (Å²) in [6, 6.07) is 2.57. The fourth-order valence-electron chi connectivity index (χ4n) is 3.38. The Morgan fingerprint density at radius 1 is 1.25 bits per heavy atom. The number of thioether (sulfide) groups is 1. The van der Waals surface area contributed by atoms with Crippen molar-refractivity contribution in [2.75, 3.05) is 5.75 Å². The smallest absolute Gasteiger partial charge is 0.157 e. The molecule has 1 aromatic heterocycles. The van der Waals surface area contributed by atoms with E-state index in [1.54, 1.807) is 0 Å². The maximum atomic E-state index is 4.95. The number of hydrogen-bond donors (Lipinski definition) is 1. The third kappa shape index (κ3) is 2.91. The lowest BCUT2D eigenvalue weighted by Crippen LogP contribution is -2.45. The van der Waals surface area contributed by atoms with Crippen LogP contribution in [0, 0.1) is 13.8 Å². The molecule has 0 amide bonds. The van der Waals surface area contributed by atoms with Gasteiger partial charge >= 0.3 is 0 Å². The standard InChI is InChI=1S/C16H24N2S2/c1-11-9-14(13(3)20-11)12(2)17-15-18-16(10-19-15)7-5-4-6-8-16/h9,12H,4-8,10H2,1-3H3,(H,17,18). The average molecular weight is 309 g/mol. The molecule has 1 atom stereocenters. The van der Waals surface area contributed by atoms with Gasteiger partial charge in [-0.05, 0) is 45.2 Å². The molecule has 1 aliphatic carbocycles. The first-order valence-corrected chi connectivity index (χ1v) is 9.44. The van der Waals surface area contributed by atoms with E-state index in [4.69, 9.17) is 4.99 Å². The zero-order chi connectivity index (χ0) is 14.2. The molecule has 1 unspecified atom stereocenters. The maximum absolute atomic E-state index is 4.95. The Balaban J connectivity index is 1.72. The molecule has 4 heteroatoms. The third-order valence-corrected chi connectivity index (χ3v) is 6.67. The molecular weight excluding hydrogens is 284 g/mol. The number of nitrogens with zero attached hydrogens (tertiary/aromatic N) is 1. The Labute approximate surface area is 130 Å². The van der Waals surface area contributed by atoms with Gasteiger partial charge in [0.25, 0.3) is 0 Å². The van der Waals surface area contributed by atoms with E-state index in [0.717, 1.165) is 0 Å². The van der Waals surface area contributed by atoms with Crippen molar-refractivity contribution in [1.29, 1.82) is 0 Å². The normalized spacial score (nSPS) is 25.1. The van der Waals surface area contributed by atoms with E-state index in [1.165, 1.54) is 58.3 Å². The van der Waals surface area contributed by atoms with Crippen LogP contribution in [0.15, 0.2) is 11.1 Å². The van der Waals surface area contributed by atoms with Crippen molar-refractivity contribution < 1.29 is 0 Å². The summed E-state index contributed by atoms with van der Waals surface area (Å²) in [4.78, 5) is 7.75. The van der Waals surface area contributed by atoms with Crippen LogP contribution in [0.3, 0.4) is 0 Å². The van der Waals surface area contributed by atoms with Crippen molar-refractivity contribution in [2.45, 2.75) is 64.5 Å². The zero-order valence-corrected chi connectivity index (χ0v) is 14.3. The van der Waals surface area contributed by atoms with Crippen LogP contribution >= 0.6 is 23.1 Å². The van der Waals surface area contributed by atoms with Gasteiger partial charge in [-0.15, -0.1) is 11.3 Å². The van der Waals surface area contributed by atoms with E-state index >= 15 is 0 Å². The predicted octanol–water partition coefficient (Wildman–Crippen LogP) is 4.82. The lowest BCUT2D eigenvalue weighted by atomic mass is 9.83. The van der Waals surface area contributed by atoms with Crippen molar-refractivity contribution in [3.8, 4) is 0 Å². The third-order valence-electron chi connectivity index (χ3n) is 4.51. The minimum Gasteiger partial charge on any atom is -0.359 e. The molecular formula is C16H24N2S2. The van der Waals surface area contributed by atoms with E-state index in [0.29, 0.717) is 5.54 Å². The SMILES string of the molecule is Cc1cc(C(C)N=C2NC3(CCCCC3)CS2)c(C)s1. The maximum Gasteiger partial charge on any atom is 0.157 e. The predicted molar refractivity (Wildman–Crippen MR) is 91.1 cm³/mol. The zero-order valence-electron chi connectivity index (χ0n) is 12.7. The number of hydrogen-bond acceptors (Lipinski definition) is 3. The largest absolute Gasteiger partial charge is 0.359 e. The Hall–Kier alpha value is -0.480. The first kappa shape index (κ1) is 14.5. The van der Waals surface area contributed by atoms with Crippen molar-refractivity contribution in [1.82, 2.24) is 5.32 Å². The molecule has 0 bridgehead atoms.